The monoisotopic (exact) mass is 305 g/mol. The summed E-state index contributed by atoms with van der Waals surface area (Å²) in [6.45, 7) is 2.11. The van der Waals surface area contributed by atoms with Gasteiger partial charge in [-0.05, 0) is 50.2 Å². The first kappa shape index (κ1) is 14.1. The zero-order valence-electron chi connectivity index (χ0n) is 12.9. The standard InChI is InChI=1S/C18H19N5/c1-2-4-16-15(3-1)18(21-14-7-11-20-12-8-14)23-17(22-16)13-5-9-19-10-6-13/h1-6,9-10,14,20H,7-8,11-12H2,(H,21,22,23). The van der Waals surface area contributed by atoms with Gasteiger partial charge in [0.1, 0.15) is 5.82 Å². The Labute approximate surface area is 135 Å². The van der Waals surface area contributed by atoms with Crippen molar-refractivity contribution in [3.8, 4) is 11.4 Å². The molecule has 0 bridgehead atoms. The van der Waals surface area contributed by atoms with Crippen LogP contribution in [0.2, 0.25) is 0 Å². The molecule has 0 radical (unpaired) electrons. The summed E-state index contributed by atoms with van der Waals surface area (Å²) in [6, 6.07) is 12.5. The normalized spacial score (nSPS) is 15.7. The molecule has 23 heavy (non-hydrogen) atoms. The first-order chi connectivity index (χ1) is 11.4. The molecule has 0 saturated carbocycles. The third-order valence-corrected chi connectivity index (χ3v) is 4.22. The number of hydrogen-bond donors (Lipinski definition) is 2. The number of nitrogens with zero attached hydrogens (tertiary/aromatic N) is 3. The minimum absolute atomic E-state index is 0.458. The van der Waals surface area contributed by atoms with Gasteiger partial charge in [0.25, 0.3) is 0 Å². The summed E-state index contributed by atoms with van der Waals surface area (Å²) in [5, 5.41) is 8.10. The second-order valence-electron chi connectivity index (χ2n) is 5.82. The molecule has 0 atom stereocenters. The minimum Gasteiger partial charge on any atom is -0.367 e. The number of fused-ring (bicyclic) bond motifs is 1. The van der Waals surface area contributed by atoms with E-state index in [4.69, 9.17) is 9.97 Å². The molecule has 5 nitrogen and oxygen atoms in total. The number of para-hydroxylation sites is 1. The fourth-order valence-electron chi connectivity index (χ4n) is 2.98. The minimum atomic E-state index is 0.458. The predicted molar refractivity (Wildman–Crippen MR) is 92.3 cm³/mol. The highest BCUT2D eigenvalue weighted by Crippen LogP contribution is 2.25. The fraction of sp³-hybridized carbons (Fsp3) is 0.278. The molecule has 1 aliphatic rings. The molecule has 0 amide bonds. The van der Waals surface area contributed by atoms with Crippen LogP contribution in [-0.2, 0) is 0 Å². The molecular formula is C18H19N5. The predicted octanol–water partition coefficient (Wildman–Crippen LogP) is 2.86. The number of pyridine rings is 1. The number of piperidine rings is 1. The lowest BCUT2D eigenvalue weighted by molar-refractivity contribution is 0.478. The Bertz CT molecular complexity index is 797. The molecule has 1 aromatic carbocycles. The number of rotatable bonds is 3. The quantitative estimate of drug-likeness (QED) is 0.779. The lowest BCUT2D eigenvalue weighted by atomic mass is 10.1. The largest absolute Gasteiger partial charge is 0.367 e. The fourth-order valence-corrected chi connectivity index (χ4v) is 2.98. The average molecular weight is 305 g/mol. The van der Waals surface area contributed by atoms with E-state index in [1.165, 1.54) is 0 Å². The molecular weight excluding hydrogens is 286 g/mol. The van der Waals surface area contributed by atoms with Crippen LogP contribution in [0.25, 0.3) is 22.3 Å². The molecule has 4 rings (SSSR count). The molecule has 5 heteroatoms. The van der Waals surface area contributed by atoms with Crippen molar-refractivity contribution in [3.05, 3.63) is 48.8 Å². The summed E-state index contributed by atoms with van der Waals surface area (Å²) < 4.78 is 0. The summed E-state index contributed by atoms with van der Waals surface area (Å²) in [5.41, 5.74) is 1.95. The van der Waals surface area contributed by atoms with Crippen molar-refractivity contribution in [1.29, 1.82) is 0 Å². The summed E-state index contributed by atoms with van der Waals surface area (Å²) in [5.74, 6) is 1.66. The van der Waals surface area contributed by atoms with Crippen LogP contribution in [0.4, 0.5) is 5.82 Å². The molecule has 3 heterocycles. The molecule has 1 aliphatic heterocycles. The van der Waals surface area contributed by atoms with Crippen LogP contribution in [0.5, 0.6) is 0 Å². The van der Waals surface area contributed by atoms with Gasteiger partial charge in [-0.3, -0.25) is 4.98 Å². The molecule has 1 fully saturated rings. The van der Waals surface area contributed by atoms with Crippen molar-refractivity contribution < 1.29 is 0 Å². The van der Waals surface area contributed by atoms with Gasteiger partial charge in [0, 0.05) is 29.4 Å². The number of nitrogens with one attached hydrogen (secondary N) is 2. The van der Waals surface area contributed by atoms with Gasteiger partial charge in [0.15, 0.2) is 5.82 Å². The van der Waals surface area contributed by atoms with Crippen LogP contribution in [0, 0.1) is 0 Å². The molecule has 1 saturated heterocycles. The maximum absolute atomic E-state index is 4.79. The van der Waals surface area contributed by atoms with Gasteiger partial charge in [0.05, 0.1) is 5.52 Å². The smallest absolute Gasteiger partial charge is 0.162 e. The van der Waals surface area contributed by atoms with Crippen molar-refractivity contribution >= 4 is 16.7 Å². The molecule has 0 aliphatic carbocycles. The molecule has 2 N–H and O–H groups in total. The van der Waals surface area contributed by atoms with E-state index < -0.39 is 0 Å². The van der Waals surface area contributed by atoms with E-state index in [1.54, 1.807) is 12.4 Å². The van der Waals surface area contributed by atoms with Crippen molar-refractivity contribution in [2.45, 2.75) is 18.9 Å². The Morgan fingerprint density at radius 2 is 1.74 bits per heavy atom. The Balaban J connectivity index is 1.77. The molecule has 2 aromatic heterocycles. The Hall–Kier alpha value is -2.53. The van der Waals surface area contributed by atoms with Gasteiger partial charge in [-0.1, -0.05) is 12.1 Å². The van der Waals surface area contributed by atoms with Gasteiger partial charge in [0.2, 0.25) is 0 Å². The Morgan fingerprint density at radius 3 is 2.57 bits per heavy atom. The molecule has 3 aromatic rings. The van der Waals surface area contributed by atoms with E-state index in [0.29, 0.717) is 6.04 Å². The van der Waals surface area contributed by atoms with Crippen LogP contribution in [0.15, 0.2) is 48.8 Å². The lowest BCUT2D eigenvalue weighted by Crippen LogP contribution is -2.35. The molecule has 0 unspecified atom stereocenters. The van der Waals surface area contributed by atoms with E-state index in [2.05, 4.69) is 21.7 Å². The third kappa shape index (κ3) is 3.00. The third-order valence-electron chi connectivity index (χ3n) is 4.22. The van der Waals surface area contributed by atoms with Gasteiger partial charge in [-0.15, -0.1) is 0 Å². The van der Waals surface area contributed by atoms with Gasteiger partial charge >= 0.3 is 0 Å². The number of anilines is 1. The first-order valence-corrected chi connectivity index (χ1v) is 8.04. The van der Waals surface area contributed by atoms with E-state index in [9.17, 15) is 0 Å². The van der Waals surface area contributed by atoms with Crippen molar-refractivity contribution in [1.82, 2.24) is 20.3 Å². The maximum Gasteiger partial charge on any atom is 0.162 e. The summed E-state index contributed by atoms with van der Waals surface area (Å²) in [6.07, 6.45) is 5.77. The highest BCUT2D eigenvalue weighted by atomic mass is 15.1. The number of hydrogen-bond acceptors (Lipinski definition) is 5. The van der Waals surface area contributed by atoms with Gasteiger partial charge in [-0.25, -0.2) is 9.97 Å². The number of benzene rings is 1. The average Bonchev–Trinajstić information content (AvgIpc) is 2.63. The van der Waals surface area contributed by atoms with Gasteiger partial charge < -0.3 is 10.6 Å². The van der Waals surface area contributed by atoms with E-state index in [0.717, 1.165) is 54.0 Å². The van der Waals surface area contributed by atoms with E-state index >= 15 is 0 Å². The zero-order valence-corrected chi connectivity index (χ0v) is 12.9. The van der Waals surface area contributed by atoms with E-state index in [1.807, 2.05) is 30.3 Å². The van der Waals surface area contributed by atoms with Crippen LogP contribution in [0.3, 0.4) is 0 Å². The zero-order chi connectivity index (χ0) is 15.5. The summed E-state index contributed by atoms with van der Waals surface area (Å²) in [4.78, 5) is 13.6. The molecule has 116 valence electrons. The second-order valence-corrected chi connectivity index (χ2v) is 5.82. The summed E-state index contributed by atoms with van der Waals surface area (Å²) in [7, 11) is 0. The topological polar surface area (TPSA) is 62.7 Å². The highest BCUT2D eigenvalue weighted by Gasteiger charge is 2.16. The first-order valence-electron chi connectivity index (χ1n) is 8.04. The lowest BCUT2D eigenvalue weighted by Gasteiger charge is -2.25. The highest BCUT2D eigenvalue weighted by molar-refractivity contribution is 5.90. The van der Waals surface area contributed by atoms with Crippen LogP contribution in [0.1, 0.15) is 12.8 Å². The van der Waals surface area contributed by atoms with Crippen molar-refractivity contribution in [2.75, 3.05) is 18.4 Å². The van der Waals surface area contributed by atoms with Crippen molar-refractivity contribution in [3.63, 3.8) is 0 Å². The second kappa shape index (κ2) is 6.30. The summed E-state index contributed by atoms with van der Waals surface area (Å²) >= 11 is 0. The Kier molecular flexibility index (Phi) is 3.86. The van der Waals surface area contributed by atoms with Crippen LogP contribution in [-0.4, -0.2) is 34.1 Å². The van der Waals surface area contributed by atoms with Gasteiger partial charge in [-0.2, -0.15) is 0 Å². The molecule has 0 spiro atoms. The van der Waals surface area contributed by atoms with Crippen LogP contribution < -0.4 is 10.6 Å². The Morgan fingerprint density at radius 1 is 0.957 bits per heavy atom. The number of aromatic nitrogens is 3. The van der Waals surface area contributed by atoms with Crippen LogP contribution >= 0.6 is 0 Å². The van der Waals surface area contributed by atoms with Crippen molar-refractivity contribution in [2.24, 2.45) is 0 Å². The van der Waals surface area contributed by atoms with E-state index in [-0.39, 0.29) is 0 Å². The SMILES string of the molecule is c1ccc2c(NC3CCNCC3)nc(-c3ccncc3)nc2c1. The maximum atomic E-state index is 4.79.